The second-order valence-electron chi connectivity index (χ2n) is 5.72. The van der Waals surface area contributed by atoms with Gasteiger partial charge in [-0.1, -0.05) is 41.6 Å². The average Bonchev–Trinajstić information content (AvgIpc) is 3.04. The van der Waals surface area contributed by atoms with E-state index >= 15 is 0 Å². The molecule has 0 saturated heterocycles. The second kappa shape index (κ2) is 7.84. The quantitative estimate of drug-likeness (QED) is 0.674. The van der Waals surface area contributed by atoms with Crippen molar-refractivity contribution in [2.45, 2.75) is 31.2 Å². The highest BCUT2D eigenvalue weighted by molar-refractivity contribution is 8.00. The van der Waals surface area contributed by atoms with Crippen LogP contribution < -0.4 is 5.32 Å². The third-order valence-corrected chi connectivity index (χ3v) is 4.98. The monoisotopic (exact) mass is 388 g/mol. The highest BCUT2D eigenvalue weighted by atomic mass is 35.5. The van der Waals surface area contributed by atoms with Gasteiger partial charge >= 0.3 is 0 Å². The number of amides is 1. The summed E-state index contributed by atoms with van der Waals surface area (Å²) in [7, 11) is 0. The van der Waals surface area contributed by atoms with E-state index < -0.39 is 5.25 Å². The Labute approximate surface area is 160 Å². The Morgan fingerprint density at radius 2 is 1.96 bits per heavy atom. The molecule has 0 saturated carbocycles. The summed E-state index contributed by atoms with van der Waals surface area (Å²) in [6, 6.07) is 9.31. The van der Waals surface area contributed by atoms with E-state index in [0.717, 1.165) is 16.8 Å². The molecule has 0 bridgehead atoms. The fourth-order valence-electron chi connectivity index (χ4n) is 2.42. The molecule has 134 valence electrons. The summed E-state index contributed by atoms with van der Waals surface area (Å²) < 4.78 is 1.67. The number of carbonyl (C=O) groups is 1. The highest BCUT2D eigenvalue weighted by Crippen LogP contribution is 2.26. The molecule has 2 aromatic heterocycles. The number of nitrogens with zero attached hydrogens (tertiary/aromatic N) is 5. The number of halogens is 1. The Balaban J connectivity index is 1.76. The molecule has 0 aliphatic heterocycles. The summed E-state index contributed by atoms with van der Waals surface area (Å²) in [5.41, 5.74) is 3.04. The van der Waals surface area contributed by atoms with E-state index in [2.05, 4.69) is 25.8 Å². The Kier molecular flexibility index (Phi) is 5.53. The first-order valence-electron chi connectivity index (χ1n) is 7.89. The van der Waals surface area contributed by atoms with Crippen molar-refractivity contribution in [1.29, 1.82) is 0 Å². The summed E-state index contributed by atoms with van der Waals surface area (Å²) in [5, 5.41) is 15.3. The zero-order chi connectivity index (χ0) is 18.7. The van der Waals surface area contributed by atoms with E-state index in [1.807, 2.05) is 32.0 Å². The van der Waals surface area contributed by atoms with Crippen LogP contribution in [0.4, 0.5) is 5.82 Å². The largest absolute Gasteiger partial charge is 0.310 e. The van der Waals surface area contributed by atoms with Crippen LogP contribution in [-0.2, 0) is 4.79 Å². The maximum atomic E-state index is 12.4. The van der Waals surface area contributed by atoms with Gasteiger partial charge in [0, 0.05) is 6.20 Å². The van der Waals surface area contributed by atoms with E-state index in [0.29, 0.717) is 16.0 Å². The van der Waals surface area contributed by atoms with E-state index in [1.165, 1.54) is 18.0 Å². The number of nitrogens with one attached hydrogen (secondary N) is 1. The number of para-hydroxylation sites is 1. The lowest BCUT2D eigenvalue weighted by Crippen LogP contribution is -2.23. The molecule has 1 amide bonds. The number of hydrogen-bond donors (Lipinski definition) is 1. The smallest absolute Gasteiger partial charge is 0.238 e. The number of benzene rings is 1. The van der Waals surface area contributed by atoms with Crippen LogP contribution in [0.3, 0.4) is 0 Å². The molecule has 0 spiro atoms. The van der Waals surface area contributed by atoms with Crippen molar-refractivity contribution < 1.29 is 4.79 Å². The van der Waals surface area contributed by atoms with Gasteiger partial charge in [-0.25, -0.2) is 4.98 Å². The van der Waals surface area contributed by atoms with Crippen molar-refractivity contribution in [3.63, 3.8) is 0 Å². The zero-order valence-electron chi connectivity index (χ0n) is 14.5. The lowest BCUT2D eigenvalue weighted by Gasteiger charge is -2.13. The molecule has 7 nitrogen and oxygen atoms in total. The number of hydrogen-bond acceptors (Lipinski definition) is 6. The van der Waals surface area contributed by atoms with Crippen LogP contribution in [0.2, 0.25) is 5.02 Å². The minimum Gasteiger partial charge on any atom is -0.310 e. The van der Waals surface area contributed by atoms with Gasteiger partial charge in [-0.15, -0.1) is 5.10 Å². The number of thioether (sulfide) groups is 1. The third kappa shape index (κ3) is 4.03. The molecule has 1 N–H and O–H groups in total. The Morgan fingerprint density at radius 1 is 1.23 bits per heavy atom. The molecule has 2 heterocycles. The first kappa shape index (κ1) is 18.3. The molecular weight excluding hydrogens is 372 g/mol. The molecule has 0 aliphatic carbocycles. The van der Waals surface area contributed by atoms with Crippen LogP contribution in [0.25, 0.3) is 5.69 Å². The number of rotatable bonds is 5. The molecule has 0 radical (unpaired) electrons. The van der Waals surface area contributed by atoms with E-state index in [-0.39, 0.29) is 5.91 Å². The molecule has 3 aromatic rings. The van der Waals surface area contributed by atoms with Gasteiger partial charge in [0.05, 0.1) is 16.0 Å². The second-order valence-corrected chi connectivity index (χ2v) is 7.47. The van der Waals surface area contributed by atoms with E-state index in [1.54, 1.807) is 23.7 Å². The molecule has 0 aliphatic rings. The van der Waals surface area contributed by atoms with Crippen LogP contribution in [0, 0.1) is 13.8 Å². The molecule has 1 unspecified atom stereocenters. The highest BCUT2D eigenvalue weighted by Gasteiger charge is 2.21. The maximum Gasteiger partial charge on any atom is 0.238 e. The number of aryl methyl sites for hydroxylation is 2. The van der Waals surface area contributed by atoms with Crippen molar-refractivity contribution >= 4 is 35.1 Å². The fourth-order valence-corrected chi connectivity index (χ4v) is 3.33. The Morgan fingerprint density at radius 3 is 2.62 bits per heavy atom. The lowest BCUT2D eigenvalue weighted by atomic mass is 10.1. The standard InChI is InChI=1S/C17H17ClN6OS/c1-10-5-4-6-11(2)15(10)24-17(21-22-23-24)26-12(3)16(25)20-14-8-7-13(18)9-19-14/h4-9,12H,1-3H3,(H,19,20,25). The van der Waals surface area contributed by atoms with Crippen LogP contribution in [-0.4, -0.2) is 36.3 Å². The SMILES string of the molecule is Cc1cccc(C)c1-n1nnnc1SC(C)C(=O)Nc1ccc(Cl)cn1. The average molecular weight is 389 g/mol. The molecule has 0 fully saturated rings. The minimum atomic E-state index is -0.415. The minimum absolute atomic E-state index is 0.194. The van der Waals surface area contributed by atoms with Crippen molar-refractivity contribution in [1.82, 2.24) is 25.2 Å². The van der Waals surface area contributed by atoms with Crippen molar-refractivity contribution in [3.8, 4) is 5.69 Å². The number of pyridine rings is 1. The predicted octanol–water partition coefficient (Wildman–Crippen LogP) is 3.45. The lowest BCUT2D eigenvalue weighted by molar-refractivity contribution is -0.115. The molecular formula is C17H17ClN6OS. The van der Waals surface area contributed by atoms with Gasteiger partial charge in [-0.3, -0.25) is 4.79 Å². The van der Waals surface area contributed by atoms with Gasteiger partial charge in [-0.2, -0.15) is 4.68 Å². The molecule has 26 heavy (non-hydrogen) atoms. The number of carbonyl (C=O) groups excluding carboxylic acids is 1. The summed E-state index contributed by atoms with van der Waals surface area (Å²) in [6.45, 7) is 5.79. The predicted molar refractivity (Wildman–Crippen MR) is 102 cm³/mol. The number of anilines is 1. The summed E-state index contributed by atoms with van der Waals surface area (Å²) in [6.07, 6.45) is 1.48. The van der Waals surface area contributed by atoms with Gasteiger partial charge in [0.15, 0.2) is 0 Å². The Hall–Kier alpha value is -2.45. The van der Waals surface area contributed by atoms with Gasteiger partial charge in [0.1, 0.15) is 5.82 Å². The fraction of sp³-hybridized carbons (Fsp3) is 0.235. The van der Waals surface area contributed by atoms with Crippen LogP contribution in [0.15, 0.2) is 41.7 Å². The van der Waals surface area contributed by atoms with Crippen LogP contribution in [0.5, 0.6) is 0 Å². The summed E-state index contributed by atoms with van der Waals surface area (Å²) >= 11 is 7.08. The van der Waals surface area contributed by atoms with Crippen molar-refractivity contribution in [2.24, 2.45) is 0 Å². The van der Waals surface area contributed by atoms with Gasteiger partial charge < -0.3 is 5.32 Å². The first-order valence-corrected chi connectivity index (χ1v) is 9.15. The number of aromatic nitrogens is 5. The molecule has 1 atom stereocenters. The Bertz CT molecular complexity index is 907. The first-order chi connectivity index (χ1) is 12.5. The normalized spacial score (nSPS) is 12.0. The van der Waals surface area contributed by atoms with Gasteiger partial charge in [0.25, 0.3) is 0 Å². The van der Waals surface area contributed by atoms with E-state index in [4.69, 9.17) is 11.6 Å². The van der Waals surface area contributed by atoms with Crippen molar-refractivity contribution in [2.75, 3.05) is 5.32 Å². The summed E-state index contributed by atoms with van der Waals surface area (Å²) in [4.78, 5) is 16.5. The molecule has 3 rings (SSSR count). The van der Waals surface area contributed by atoms with Crippen LogP contribution in [0.1, 0.15) is 18.1 Å². The third-order valence-electron chi connectivity index (χ3n) is 3.72. The summed E-state index contributed by atoms with van der Waals surface area (Å²) in [5.74, 6) is 0.252. The van der Waals surface area contributed by atoms with Crippen molar-refractivity contribution in [3.05, 3.63) is 52.7 Å². The van der Waals surface area contributed by atoms with Gasteiger partial charge in [0.2, 0.25) is 11.1 Å². The van der Waals surface area contributed by atoms with E-state index in [9.17, 15) is 4.79 Å². The topological polar surface area (TPSA) is 85.6 Å². The maximum absolute atomic E-state index is 12.4. The zero-order valence-corrected chi connectivity index (χ0v) is 16.0. The molecule has 1 aromatic carbocycles. The van der Waals surface area contributed by atoms with Gasteiger partial charge in [-0.05, 0) is 54.5 Å². The number of tetrazole rings is 1. The van der Waals surface area contributed by atoms with Crippen LogP contribution >= 0.6 is 23.4 Å². The molecule has 9 heteroatoms.